The molecule has 0 bridgehead atoms. The minimum absolute atomic E-state index is 0.389. The van der Waals surface area contributed by atoms with Crippen LogP contribution in [0.4, 0.5) is 0 Å². The van der Waals surface area contributed by atoms with Gasteiger partial charge < -0.3 is 18.1 Å². The Balaban J connectivity index is 1.35. The van der Waals surface area contributed by atoms with Crippen LogP contribution in [0.2, 0.25) is 0 Å². The van der Waals surface area contributed by atoms with E-state index in [4.69, 9.17) is 13.7 Å². The molecule has 0 spiro atoms. The fraction of sp³-hybridized carbons (Fsp3) is 0.176. The molecule has 1 fully saturated rings. The Labute approximate surface area is 225 Å². The van der Waals surface area contributed by atoms with Gasteiger partial charge in [-0.3, -0.25) is 0 Å². The van der Waals surface area contributed by atoms with Crippen LogP contribution < -0.4 is 5.46 Å². The summed E-state index contributed by atoms with van der Waals surface area (Å²) < 4.78 is 21.5. The van der Waals surface area contributed by atoms with Crippen molar-refractivity contribution < 1.29 is 13.7 Å². The third-order valence-corrected chi connectivity index (χ3v) is 9.34. The molecule has 5 aromatic carbocycles. The van der Waals surface area contributed by atoms with Crippen LogP contribution in [0.25, 0.3) is 70.8 Å². The summed E-state index contributed by atoms with van der Waals surface area (Å²) in [6.45, 7) is 8.36. The first kappa shape index (κ1) is 21.8. The number of furan rings is 1. The SMILES string of the molecule is CC1(C)OB(c2ccc3oc4ccc5cc6c(cc5c4c3c2)c2cccc3c4ccccc4n6c32)OC1(C)C. The van der Waals surface area contributed by atoms with Gasteiger partial charge in [0.2, 0.25) is 0 Å². The molecular formula is C34H26BNO3. The first-order chi connectivity index (χ1) is 18.8. The summed E-state index contributed by atoms with van der Waals surface area (Å²) >= 11 is 0. The number of benzene rings is 5. The normalized spacial score (nSPS) is 17.4. The standard InChI is InChI=1S/C34H26BNO3/c1-33(2)34(3,4)39-35(38-33)20-13-15-29-26(17-20)31-24-18-25-23-10-7-9-22-21-8-5-6-11-27(21)36(32(22)23)28(25)16-19(24)12-14-30(31)37-29/h5-18H,1-4H3. The van der Waals surface area contributed by atoms with Crippen LogP contribution in [0, 0.1) is 0 Å². The smallest absolute Gasteiger partial charge is 0.456 e. The van der Waals surface area contributed by atoms with Gasteiger partial charge in [-0.15, -0.1) is 0 Å². The van der Waals surface area contributed by atoms with E-state index >= 15 is 0 Å². The van der Waals surface area contributed by atoms with E-state index in [1.165, 1.54) is 48.9 Å². The van der Waals surface area contributed by atoms with Gasteiger partial charge >= 0.3 is 7.12 Å². The number of aromatic nitrogens is 1. The lowest BCUT2D eigenvalue weighted by atomic mass is 9.78. The van der Waals surface area contributed by atoms with Crippen LogP contribution in [-0.2, 0) is 9.31 Å². The third kappa shape index (κ3) is 2.67. The zero-order chi connectivity index (χ0) is 26.3. The molecule has 4 heterocycles. The molecule has 0 atom stereocenters. The van der Waals surface area contributed by atoms with Crippen LogP contribution in [0.5, 0.6) is 0 Å². The highest BCUT2D eigenvalue weighted by Gasteiger charge is 2.51. The van der Waals surface area contributed by atoms with Gasteiger partial charge in [0.05, 0.1) is 27.8 Å². The molecule has 0 N–H and O–H groups in total. The van der Waals surface area contributed by atoms with Crippen LogP contribution in [0.15, 0.2) is 89.3 Å². The Kier molecular flexibility index (Phi) is 3.88. The summed E-state index contributed by atoms with van der Waals surface area (Å²) in [6.07, 6.45) is 0. The maximum atomic E-state index is 6.37. The number of hydrogen-bond acceptors (Lipinski definition) is 3. The molecule has 3 aromatic heterocycles. The first-order valence-corrected chi connectivity index (χ1v) is 13.6. The Morgan fingerprint density at radius 2 is 1.31 bits per heavy atom. The third-order valence-electron chi connectivity index (χ3n) is 9.34. The van der Waals surface area contributed by atoms with Crippen molar-refractivity contribution in [3.63, 3.8) is 0 Å². The molecule has 0 amide bonds. The summed E-state index contributed by atoms with van der Waals surface area (Å²) in [6, 6.07) is 30.7. The molecule has 1 aliphatic heterocycles. The Bertz CT molecular complexity index is 2290. The van der Waals surface area contributed by atoms with E-state index in [0.717, 1.165) is 27.4 Å². The summed E-state index contributed by atoms with van der Waals surface area (Å²) in [5.41, 5.74) is 5.77. The second-order valence-electron chi connectivity index (χ2n) is 12.0. The van der Waals surface area contributed by atoms with Crippen LogP contribution >= 0.6 is 0 Å². The number of hydrogen-bond donors (Lipinski definition) is 0. The van der Waals surface area contributed by atoms with Gasteiger partial charge in [0.1, 0.15) is 11.2 Å². The molecule has 5 heteroatoms. The summed E-state index contributed by atoms with van der Waals surface area (Å²) in [7, 11) is -0.416. The van der Waals surface area contributed by atoms with E-state index in [9.17, 15) is 0 Å². The van der Waals surface area contributed by atoms with Gasteiger partial charge in [0.25, 0.3) is 0 Å². The van der Waals surface area contributed by atoms with Crippen molar-refractivity contribution in [3.05, 3.63) is 84.9 Å². The second-order valence-corrected chi connectivity index (χ2v) is 12.0. The van der Waals surface area contributed by atoms with E-state index in [1.54, 1.807) is 0 Å². The highest BCUT2D eigenvalue weighted by Crippen LogP contribution is 2.43. The topological polar surface area (TPSA) is 36.0 Å². The van der Waals surface area contributed by atoms with Crippen LogP contribution in [0.3, 0.4) is 0 Å². The maximum Gasteiger partial charge on any atom is 0.494 e. The van der Waals surface area contributed by atoms with Gasteiger partial charge in [-0.05, 0) is 74.3 Å². The second kappa shape index (κ2) is 6.92. The molecule has 8 aromatic rings. The molecule has 4 nitrogen and oxygen atoms in total. The first-order valence-electron chi connectivity index (χ1n) is 13.6. The van der Waals surface area contributed by atoms with Gasteiger partial charge in [0.15, 0.2) is 0 Å². The molecule has 0 unspecified atom stereocenters. The predicted octanol–water partition coefficient (Wildman–Crippen LogP) is 8.19. The Morgan fingerprint density at radius 3 is 2.13 bits per heavy atom. The molecule has 0 saturated carbocycles. The molecule has 1 saturated heterocycles. The number of rotatable bonds is 1. The van der Waals surface area contributed by atoms with Crippen molar-refractivity contribution in [2.45, 2.75) is 38.9 Å². The lowest BCUT2D eigenvalue weighted by Crippen LogP contribution is -2.41. The molecule has 9 rings (SSSR count). The average molecular weight is 507 g/mol. The highest BCUT2D eigenvalue weighted by atomic mass is 16.7. The van der Waals surface area contributed by atoms with E-state index in [0.29, 0.717) is 0 Å². The van der Waals surface area contributed by atoms with Gasteiger partial charge in [-0.1, -0.05) is 54.6 Å². The van der Waals surface area contributed by atoms with Crippen molar-refractivity contribution in [1.29, 1.82) is 0 Å². The van der Waals surface area contributed by atoms with Crippen molar-refractivity contribution in [3.8, 4) is 0 Å². The predicted molar refractivity (Wildman–Crippen MR) is 162 cm³/mol. The van der Waals surface area contributed by atoms with E-state index in [1.807, 2.05) is 6.07 Å². The van der Waals surface area contributed by atoms with Gasteiger partial charge in [-0.2, -0.15) is 0 Å². The van der Waals surface area contributed by atoms with Gasteiger partial charge in [0, 0.05) is 32.3 Å². The van der Waals surface area contributed by atoms with Crippen LogP contribution in [-0.4, -0.2) is 22.7 Å². The lowest BCUT2D eigenvalue weighted by Gasteiger charge is -2.32. The van der Waals surface area contributed by atoms with Crippen molar-refractivity contribution in [2.75, 3.05) is 0 Å². The maximum absolute atomic E-state index is 6.37. The highest BCUT2D eigenvalue weighted by molar-refractivity contribution is 6.62. The fourth-order valence-corrected chi connectivity index (χ4v) is 6.67. The lowest BCUT2D eigenvalue weighted by molar-refractivity contribution is 0.00578. The van der Waals surface area contributed by atoms with Crippen molar-refractivity contribution in [1.82, 2.24) is 4.40 Å². The molecule has 1 aliphatic rings. The largest absolute Gasteiger partial charge is 0.494 e. The molecule has 39 heavy (non-hydrogen) atoms. The quantitative estimate of drug-likeness (QED) is 0.210. The fourth-order valence-electron chi connectivity index (χ4n) is 6.67. The number of nitrogens with zero attached hydrogens (tertiary/aromatic N) is 1. The molecule has 188 valence electrons. The molecule has 0 radical (unpaired) electrons. The van der Waals surface area contributed by atoms with E-state index in [2.05, 4.69) is 111 Å². The Hall–Kier alpha value is -4.06. The van der Waals surface area contributed by atoms with Crippen LogP contribution in [0.1, 0.15) is 27.7 Å². The summed E-state index contributed by atoms with van der Waals surface area (Å²) in [5, 5.41) is 9.76. The average Bonchev–Trinajstić information content (AvgIpc) is 3.62. The molecule has 0 aliphatic carbocycles. The monoisotopic (exact) mass is 507 g/mol. The molecular weight excluding hydrogens is 481 g/mol. The van der Waals surface area contributed by atoms with Crippen molar-refractivity contribution in [2.24, 2.45) is 0 Å². The summed E-state index contributed by atoms with van der Waals surface area (Å²) in [4.78, 5) is 0. The van der Waals surface area contributed by atoms with Crippen molar-refractivity contribution >= 4 is 83.4 Å². The Morgan fingerprint density at radius 1 is 0.590 bits per heavy atom. The van der Waals surface area contributed by atoms with Gasteiger partial charge in [-0.25, -0.2) is 0 Å². The number of fused-ring (bicyclic) bond motifs is 11. The minimum Gasteiger partial charge on any atom is -0.456 e. The minimum atomic E-state index is -0.416. The summed E-state index contributed by atoms with van der Waals surface area (Å²) in [5.74, 6) is 0. The zero-order valence-corrected chi connectivity index (χ0v) is 22.3. The zero-order valence-electron chi connectivity index (χ0n) is 22.3. The number of para-hydroxylation sites is 2. The van der Waals surface area contributed by atoms with E-state index < -0.39 is 7.12 Å². The van der Waals surface area contributed by atoms with E-state index in [-0.39, 0.29) is 11.2 Å².